The third-order valence-electron chi connectivity index (χ3n) is 9.73. The third-order valence-corrected chi connectivity index (χ3v) is 9.73. The summed E-state index contributed by atoms with van der Waals surface area (Å²) in [6, 6.07) is 32.6. The third kappa shape index (κ3) is 7.30. The van der Waals surface area contributed by atoms with Crippen molar-refractivity contribution in [2.24, 2.45) is 0 Å². The topological polar surface area (TPSA) is 58.4 Å². The number of hydrogen-bond acceptors (Lipinski definition) is 3. The van der Waals surface area contributed by atoms with E-state index >= 15 is 0 Å². The Morgan fingerprint density at radius 1 is 0.766 bits per heavy atom. The minimum absolute atomic E-state index is 0.0928. The van der Waals surface area contributed by atoms with Crippen LogP contribution in [0.3, 0.4) is 0 Å². The maximum absolute atomic E-state index is 11.8. The molecule has 1 N–H and O–H groups in total. The molecule has 1 aromatic heterocycles. The normalized spacial score (nSPS) is 14.4. The van der Waals surface area contributed by atoms with Crippen LogP contribution in [0.2, 0.25) is 0 Å². The lowest BCUT2D eigenvalue weighted by atomic mass is 9.86. The van der Waals surface area contributed by atoms with E-state index in [0.717, 1.165) is 48.4 Å². The van der Waals surface area contributed by atoms with Crippen LogP contribution >= 0.6 is 0 Å². The highest BCUT2D eigenvalue weighted by atomic mass is 16.4. The number of carboxylic acids is 1. The average molecular weight is 628 g/mol. The minimum atomic E-state index is -0.925. The van der Waals surface area contributed by atoms with Gasteiger partial charge in [-0.25, -0.2) is 9.78 Å². The van der Waals surface area contributed by atoms with Gasteiger partial charge in [-0.15, -0.1) is 0 Å². The fourth-order valence-corrected chi connectivity index (χ4v) is 6.91. The lowest BCUT2D eigenvalue weighted by Crippen LogP contribution is -2.22. The first-order valence-electron chi connectivity index (χ1n) is 17.2. The number of rotatable bonds is 8. The van der Waals surface area contributed by atoms with Crippen molar-refractivity contribution >= 4 is 22.7 Å². The van der Waals surface area contributed by atoms with Gasteiger partial charge in [0, 0.05) is 30.4 Å². The van der Waals surface area contributed by atoms with Crippen molar-refractivity contribution in [3.05, 3.63) is 119 Å². The molecule has 0 radical (unpaired) electrons. The number of fused-ring (bicyclic) bond motifs is 1. The van der Waals surface area contributed by atoms with E-state index in [0.29, 0.717) is 6.04 Å². The van der Waals surface area contributed by atoms with Crippen molar-refractivity contribution in [1.82, 2.24) is 9.55 Å². The van der Waals surface area contributed by atoms with Gasteiger partial charge in [-0.2, -0.15) is 0 Å². The summed E-state index contributed by atoms with van der Waals surface area (Å²) in [7, 11) is 0. The molecule has 1 fully saturated rings. The summed E-state index contributed by atoms with van der Waals surface area (Å²) in [4.78, 5) is 19.3. The maximum Gasteiger partial charge on any atom is 0.335 e. The Labute approximate surface area is 280 Å². The summed E-state index contributed by atoms with van der Waals surface area (Å²) in [5, 5.41) is 9.67. The lowest BCUT2D eigenvalue weighted by Gasteiger charge is -2.28. The van der Waals surface area contributed by atoms with Crippen LogP contribution in [0.15, 0.2) is 91.0 Å². The first-order chi connectivity index (χ1) is 22.4. The highest BCUT2D eigenvalue weighted by molar-refractivity contribution is 5.93. The van der Waals surface area contributed by atoms with Crippen molar-refractivity contribution in [3.8, 4) is 11.4 Å². The van der Waals surface area contributed by atoms with Crippen LogP contribution in [0.1, 0.15) is 112 Å². The molecule has 0 aliphatic heterocycles. The van der Waals surface area contributed by atoms with Gasteiger partial charge in [0.2, 0.25) is 0 Å². The number of nitrogens with zero attached hydrogens (tertiary/aromatic N) is 3. The molecule has 5 heteroatoms. The number of aromatic nitrogens is 2. The van der Waals surface area contributed by atoms with E-state index < -0.39 is 5.97 Å². The molecule has 0 spiro atoms. The van der Waals surface area contributed by atoms with Crippen LogP contribution in [-0.4, -0.2) is 20.6 Å². The molecule has 1 aliphatic rings. The van der Waals surface area contributed by atoms with E-state index in [1.807, 2.05) is 6.07 Å². The zero-order chi connectivity index (χ0) is 33.3. The largest absolute Gasteiger partial charge is 0.478 e. The number of carboxylic acid groups (broad SMARTS) is 1. The molecule has 6 rings (SSSR count). The van der Waals surface area contributed by atoms with E-state index in [1.165, 1.54) is 47.2 Å². The summed E-state index contributed by atoms with van der Waals surface area (Å²) in [6.45, 7) is 15.1. The van der Waals surface area contributed by atoms with Crippen molar-refractivity contribution in [1.29, 1.82) is 0 Å². The number of hydrogen-bond donors (Lipinski definition) is 1. The Morgan fingerprint density at radius 2 is 1.38 bits per heavy atom. The SMILES string of the molecule is CC(C)(C)c1ccc(CN(Cc2cccc(-c3nc4cc(C(=O)O)ccc4n3C3CCCCC3)c2)c2ccc(C(C)(C)C)cc2)cc1. The van der Waals surface area contributed by atoms with Crippen LogP contribution < -0.4 is 4.90 Å². The van der Waals surface area contributed by atoms with E-state index in [4.69, 9.17) is 4.98 Å². The number of anilines is 1. The summed E-state index contributed by atoms with van der Waals surface area (Å²) in [6.07, 6.45) is 5.91. The van der Waals surface area contributed by atoms with Crippen molar-refractivity contribution < 1.29 is 9.90 Å². The average Bonchev–Trinajstić information content (AvgIpc) is 3.43. The molecular weight excluding hydrogens is 578 g/mol. The molecule has 0 unspecified atom stereocenters. The molecular formula is C42H49N3O2. The van der Waals surface area contributed by atoms with Crippen molar-refractivity contribution in [3.63, 3.8) is 0 Å². The van der Waals surface area contributed by atoms with Gasteiger partial charge in [0.1, 0.15) is 5.82 Å². The molecule has 47 heavy (non-hydrogen) atoms. The summed E-state index contributed by atoms with van der Waals surface area (Å²) in [5.41, 5.74) is 9.66. The van der Waals surface area contributed by atoms with Gasteiger partial charge in [0.25, 0.3) is 0 Å². The van der Waals surface area contributed by atoms with Crippen molar-refractivity contribution in [2.45, 2.75) is 104 Å². The predicted octanol–water partition coefficient (Wildman–Crippen LogP) is 10.7. The number of imidazole rings is 1. The van der Waals surface area contributed by atoms with Crippen molar-refractivity contribution in [2.75, 3.05) is 4.90 Å². The zero-order valence-corrected chi connectivity index (χ0v) is 28.9. The minimum Gasteiger partial charge on any atom is -0.478 e. The highest BCUT2D eigenvalue weighted by Crippen LogP contribution is 2.37. The molecule has 1 heterocycles. The van der Waals surface area contributed by atoms with Gasteiger partial charge in [0.15, 0.2) is 0 Å². The second kappa shape index (κ2) is 13.0. The molecule has 0 saturated heterocycles. The number of aromatic carboxylic acids is 1. The van der Waals surface area contributed by atoms with Gasteiger partial charge < -0.3 is 14.6 Å². The summed E-state index contributed by atoms with van der Waals surface area (Å²) >= 11 is 0. The number of benzene rings is 4. The monoisotopic (exact) mass is 627 g/mol. The zero-order valence-electron chi connectivity index (χ0n) is 28.9. The van der Waals surface area contributed by atoms with Gasteiger partial charge in [-0.05, 0) is 82.3 Å². The lowest BCUT2D eigenvalue weighted by molar-refractivity contribution is 0.0697. The Balaban J connectivity index is 1.37. The van der Waals surface area contributed by atoms with E-state index in [1.54, 1.807) is 12.1 Å². The van der Waals surface area contributed by atoms with Crippen LogP contribution in [0, 0.1) is 0 Å². The second-order valence-corrected chi connectivity index (χ2v) is 15.4. The molecule has 5 nitrogen and oxygen atoms in total. The smallest absolute Gasteiger partial charge is 0.335 e. The summed E-state index contributed by atoms with van der Waals surface area (Å²) < 4.78 is 2.39. The fourth-order valence-electron chi connectivity index (χ4n) is 6.91. The van der Waals surface area contributed by atoms with E-state index in [9.17, 15) is 9.90 Å². The molecule has 4 aromatic carbocycles. The van der Waals surface area contributed by atoms with E-state index in [-0.39, 0.29) is 16.4 Å². The Morgan fingerprint density at radius 3 is 2.00 bits per heavy atom. The standard InChI is InChI=1S/C42H49N3O2/c1-41(2,3)33-18-15-29(16-19-33)27-44(35-22-20-34(21-23-35)42(4,5)6)28-30-11-10-12-31(25-30)39-43-37-26-32(40(46)47)17-24-38(37)45(39)36-13-8-7-9-14-36/h10-12,15-26,36H,7-9,13-14,27-28H2,1-6H3,(H,46,47). The Hall–Kier alpha value is -4.38. The highest BCUT2D eigenvalue weighted by Gasteiger charge is 2.24. The molecule has 1 aliphatic carbocycles. The molecule has 5 aromatic rings. The first kappa shape index (κ1) is 32.6. The Kier molecular flexibility index (Phi) is 9.02. The van der Waals surface area contributed by atoms with Crippen LogP contribution in [0.4, 0.5) is 5.69 Å². The van der Waals surface area contributed by atoms with Gasteiger partial charge in [-0.3, -0.25) is 0 Å². The summed E-state index contributed by atoms with van der Waals surface area (Å²) in [5.74, 6) is 0.00136. The fraction of sp³-hybridized carbons (Fsp3) is 0.381. The van der Waals surface area contributed by atoms with Gasteiger partial charge in [0.05, 0.1) is 16.6 Å². The Bertz CT molecular complexity index is 1850. The van der Waals surface area contributed by atoms with Crippen LogP contribution in [0.5, 0.6) is 0 Å². The molecule has 244 valence electrons. The quantitative estimate of drug-likeness (QED) is 0.186. The van der Waals surface area contributed by atoms with E-state index in [2.05, 4.69) is 124 Å². The van der Waals surface area contributed by atoms with Gasteiger partial charge >= 0.3 is 5.97 Å². The van der Waals surface area contributed by atoms with Crippen LogP contribution in [-0.2, 0) is 23.9 Å². The molecule has 0 amide bonds. The van der Waals surface area contributed by atoms with Crippen LogP contribution in [0.25, 0.3) is 22.4 Å². The van der Waals surface area contributed by atoms with Gasteiger partial charge in [-0.1, -0.05) is 115 Å². The second-order valence-electron chi connectivity index (χ2n) is 15.4. The molecule has 0 atom stereocenters. The predicted molar refractivity (Wildman–Crippen MR) is 194 cm³/mol. The molecule has 0 bridgehead atoms. The number of carbonyl (C=O) groups is 1. The maximum atomic E-state index is 11.8. The first-order valence-corrected chi connectivity index (χ1v) is 17.2. The molecule has 1 saturated carbocycles.